The Bertz CT molecular complexity index is 1470. The molecule has 3 aromatic carbocycles. The Balaban J connectivity index is 1.23. The van der Waals surface area contributed by atoms with Gasteiger partial charge in [0, 0.05) is 16.7 Å². The summed E-state index contributed by atoms with van der Waals surface area (Å²) < 4.78 is 60.7. The molecule has 1 fully saturated rings. The van der Waals surface area contributed by atoms with Crippen LogP contribution < -0.4 is 0 Å². The molecule has 0 amide bonds. The molecule has 0 radical (unpaired) electrons. The molecule has 0 heterocycles. The number of hydrogen-bond donors (Lipinski definition) is 0. The molecular formula is C41H48F4. The predicted molar refractivity (Wildman–Crippen MR) is 180 cm³/mol. The Kier molecular flexibility index (Phi) is 11.8. The molecule has 0 aliphatic heterocycles. The smallest absolute Gasteiger partial charge is 0.167 e. The molecule has 1 saturated carbocycles. The third kappa shape index (κ3) is 7.99. The predicted octanol–water partition coefficient (Wildman–Crippen LogP) is 13.0. The maximum absolute atomic E-state index is 15.5. The lowest BCUT2D eigenvalue weighted by Crippen LogP contribution is -2.23. The standard InChI is InChI=1S/C41H48F4/c1-3-5-7-9-11-34-24-25-35(39(43)38(34)42)32-20-22-33(23-21-32)37-27-26-36(40(44)41(37)45)31-18-16-30(17-19-31)29-14-12-28(13-15-29)10-8-6-4-2/h4,6,18,20-30H,3,5,7-17,19H2,1-2H3/b6-4+. The summed E-state index contributed by atoms with van der Waals surface area (Å²) in [7, 11) is 0. The van der Waals surface area contributed by atoms with E-state index < -0.39 is 23.3 Å². The summed E-state index contributed by atoms with van der Waals surface area (Å²) in [4.78, 5) is 0. The Morgan fingerprint density at radius 2 is 1.29 bits per heavy atom. The van der Waals surface area contributed by atoms with Crippen molar-refractivity contribution in [1.29, 1.82) is 0 Å². The van der Waals surface area contributed by atoms with Crippen molar-refractivity contribution in [1.82, 2.24) is 0 Å². The lowest BCUT2D eigenvalue weighted by molar-refractivity contribution is 0.190. The van der Waals surface area contributed by atoms with Crippen LogP contribution in [0.3, 0.4) is 0 Å². The second kappa shape index (κ2) is 15.9. The molecular weight excluding hydrogens is 568 g/mol. The molecule has 0 aromatic heterocycles. The van der Waals surface area contributed by atoms with E-state index in [9.17, 15) is 8.78 Å². The fourth-order valence-electron chi connectivity index (χ4n) is 7.57. The average molecular weight is 617 g/mol. The van der Waals surface area contributed by atoms with Gasteiger partial charge in [-0.2, -0.15) is 0 Å². The van der Waals surface area contributed by atoms with Crippen molar-refractivity contribution in [2.24, 2.45) is 17.8 Å². The summed E-state index contributed by atoms with van der Waals surface area (Å²) in [5, 5.41) is 0. The quantitative estimate of drug-likeness (QED) is 0.108. The minimum Gasteiger partial charge on any atom is -0.203 e. The minimum atomic E-state index is -0.871. The zero-order valence-corrected chi connectivity index (χ0v) is 27.0. The number of hydrogen-bond acceptors (Lipinski definition) is 0. The molecule has 0 spiro atoms. The summed E-state index contributed by atoms with van der Waals surface area (Å²) in [6, 6.07) is 13.2. The molecule has 0 bridgehead atoms. The topological polar surface area (TPSA) is 0 Å². The van der Waals surface area contributed by atoms with Crippen LogP contribution in [-0.4, -0.2) is 0 Å². The SMILES string of the molecule is C/C=C/CCC1CCC(C2CC=C(c3ccc(-c4ccc(-c5ccc(CCCCCC)c(F)c5F)cc4)c(F)c3F)CC2)CC1. The second-order valence-corrected chi connectivity index (χ2v) is 13.3. The first-order valence-corrected chi connectivity index (χ1v) is 17.3. The highest BCUT2D eigenvalue weighted by molar-refractivity contribution is 5.74. The minimum absolute atomic E-state index is 0.164. The summed E-state index contributed by atoms with van der Waals surface area (Å²) in [6.45, 7) is 4.20. The fourth-order valence-corrected chi connectivity index (χ4v) is 7.57. The third-order valence-electron chi connectivity index (χ3n) is 10.4. The monoisotopic (exact) mass is 616 g/mol. The van der Waals surface area contributed by atoms with Crippen molar-refractivity contribution >= 4 is 5.57 Å². The Labute approximate surface area is 267 Å². The van der Waals surface area contributed by atoms with Crippen LogP contribution >= 0.6 is 0 Å². The van der Waals surface area contributed by atoms with Gasteiger partial charge in [-0.1, -0.05) is 106 Å². The molecule has 1 unspecified atom stereocenters. The first-order chi connectivity index (χ1) is 21.9. The molecule has 1 atom stereocenters. The highest BCUT2D eigenvalue weighted by Gasteiger charge is 2.29. The molecule has 0 nitrogen and oxygen atoms in total. The van der Waals surface area contributed by atoms with Crippen LogP contribution in [0.4, 0.5) is 17.6 Å². The van der Waals surface area contributed by atoms with Crippen molar-refractivity contribution in [3.8, 4) is 22.3 Å². The second-order valence-electron chi connectivity index (χ2n) is 13.3. The Morgan fingerprint density at radius 1 is 0.667 bits per heavy atom. The fraction of sp³-hybridized carbons (Fsp3) is 0.463. The summed E-state index contributed by atoms with van der Waals surface area (Å²) >= 11 is 0. The van der Waals surface area contributed by atoms with E-state index in [-0.39, 0.29) is 11.1 Å². The van der Waals surface area contributed by atoms with Crippen LogP contribution in [0, 0.1) is 41.0 Å². The summed E-state index contributed by atoms with van der Waals surface area (Å²) in [6.07, 6.45) is 21.5. The van der Waals surface area contributed by atoms with Crippen molar-refractivity contribution in [3.63, 3.8) is 0 Å². The zero-order valence-electron chi connectivity index (χ0n) is 27.0. The van der Waals surface area contributed by atoms with Gasteiger partial charge >= 0.3 is 0 Å². The van der Waals surface area contributed by atoms with Crippen molar-refractivity contribution in [2.75, 3.05) is 0 Å². The molecule has 2 aliphatic rings. The Morgan fingerprint density at radius 3 is 1.91 bits per heavy atom. The van der Waals surface area contributed by atoms with Crippen LogP contribution in [0.5, 0.6) is 0 Å². The van der Waals surface area contributed by atoms with Gasteiger partial charge in [0.15, 0.2) is 23.3 Å². The highest BCUT2D eigenvalue weighted by Crippen LogP contribution is 2.43. The van der Waals surface area contributed by atoms with E-state index in [0.29, 0.717) is 34.6 Å². The number of rotatable bonds is 12. The van der Waals surface area contributed by atoms with Gasteiger partial charge in [-0.25, -0.2) is 17.6 Å². The van der Waals surface area contributed by atoms with E-state index >= 15 is 8.78 Å². The summed E-state index contributed by atoms with van der Waals surface area (Å²) in [5.74, 6) is -1.13. The van der Waals surface area contributed by atoms with Crippen LogP contribution in [0.2, 0.25) is 0 Å². The molecule has 240 valence electrons. The molecule has 4 heteroatoms. The van der Waals surface area contributed by atoms with Crippen LogP contribution in [0.15, 0.2) is 66.8 Å². The molecule has 45 heavy (non-hydrogen) atoms. The van der Waals surface area contributed by atoms with Crippen molar-refractivity contribution in [3.05, 3.63) is 101 Å². The van der Waals surface area contributed by atoms with Crippen molar-refractivity contribution < 1.29 is 17.6 Å². The van der Waals surface area contributed by atoms with Gasteiger partial charge in [-0.3, -0.25) is 0 Å². The van der Waals surface area contributed by atoms with Gasteiger partial charge in [0.25, 0.3) is 0 Å². The molecule has 2 aliphatic carbocycles. The van der Waals surface area contributed by atoms with Gasteiger partial charge in [0.1, 0.15) is 0 Å². The van der Waals surface area contributed by atoms with Gasteiger partial charge in [0.2, 0.25) is 0 Å². The number of benzene rings is 3. The molecule has 3 aromatic rings. The number of unbranched alkanes of at least 4 members (excludes halogenated alkanes) is 3. The average Bonchev–Trinajstić information content (AvgIpc) is 3.07. The van der Waals surface area contributed by atoms with E-state index in [1.54, 1.807) is 48.5 Å². The van der Waals surface area contributed by atoms with Crippen molar-refractivity contribution in [2.45, 2.75) is 104 Å². The summed E-state index contributed by atoms with van der Waals surface area (Å²) in [5.41, 5.74) is 2.96. The third-order valence-corrected chi connectivity index (χ3v) is 10.4. The van der Waals surface area contributed by atoms with Gasteiger partial charge in [-0.05, 0) is 105 Å². The lowest BCUT2D eigenvalue weighted by atomic mass is 9.70. The molecule has 5 rings (SSSR count). The van der Waals surface area contributed by atoms with Crippen LogP contribution in [0.1, 0.15) is 108 Å². The maximum Gasteiger partial charge on any atom is 0.167 e. The van der Waals surface area contributed by atoms with E-state index in [2.05, 4.69) is 32.1 Å². The normalized spacial score (nSPS) is 20.5. The van der Waals surface area contributed by atoms with E-state index in [1.807, 2.05) is 0 Å². The van der Waals surface area contributed by atoms with E-state index in [0.717, 1.165) is 62.4 Å². The molecule has 0 saturated heterocycles. The highest BCUT2D eigenvalue weighted by atomic mass is 19.2. The largest absolute Gasteiger partial charge is 0.203 e. The number of halogens is 4. The number of allylic oxidation sites excluding steroid dienone is 4. The van der Waals surface area contributed by atoms with E-state index in [4.69, 9.17) is 0 Å². The lowest BCUT2D eigenvalue weighted by Gasteiger charge is -2.35. The van der Waals surface area contributed by atoms with Gasteiger partial charge in [-0.15, -0.1) is 0 Å². The first-order valence-electron chi connectivity index (χ1n) is 17.3. The number of aryl methyl sites for hydroxylation is 1. The molecule has 0 N–H and O–H groups in total. The van der Waals surface area contributed by atoms with Crippen LogP contribution in [0.25, 0.3) is 27.8 Å². The van der Waals surface area contributed by atoms with E-state index in [1.165, 1.54) is 38.5 Å². The van der Waals surface area contributed by atoms with Gasteiger partial charge in [0.05, 0.1) is 0 Å². The van der Waals surface area contributed by atoms with Crippen LogP contribution in [-0.2, 0) is 6.42 Å². The Hall–Kier alpha value is -3.14. The maximum atomic E-state index is 15.5. The first kappa shape index (κ1) is 33.2. The zero-order chi connectivity index (χ0) is 31.8. The van der Waals surface area contributed by atoms with Gasteiger partial charge < -0.3 is 0 Å².